The van der Waals surface area contributed by atoms with Gasteiger partial charge in [0.1, 0.15) is 5.76 Å². The number of furan rings is 1. The van der Waals surface area contributed by atoms with Crippen molar-refractivity contribution in [2.75, 3.05) is 19.6 Å². The molecule has 1 aromatic heterocycles. The Hall–Kier alpha value is -0.800. The SMILES string of the molecule is CCC1CCN(Cc2ccoc2CNCC(C)C)CC1. The van der Waals surface area contributed by atoms with Gasteiger partial charge in [-0.25, -0.2) is 0 Å². The van der Waals surface area contributed by atoms with E-state index in [0.29, 0.717) is 5.92 Å². The van der Waals surface area contributed by atoms with Gasteiger partial charge in [0.15, 0.2) is 0 Å². The molecule has 3 heteroatoms. The summed E-state index contributed by atoms with van der Waals surface area (Å²) in [5, 5.41) is 3.47. The number of nitrogens with zero attached hydrogens (tertiary/aromatic N) is 1. The molecular formula is C17H30N2O. The Balaban J connectivity index is 1.80. The minimum atomic E-state index is 0.682. The molecule has 2 rings (SSSR count). The van der Waals surface area contributed by atoms with Crippen LogP contribution in [0, 0.1) is 11.8 Å². The first-order valence-corrected chi connectivity index (χ1v) is 8.17. The van der Waals surface area contributed by atoms with Crippen molar-refractivity contribution in [3.05, 3.63) is 23.7 Å². The predicted octanol–water partition coefficient (Wildman–Crippen LogP) is 3.65. The maximum absolute atomic E-state index is 5.64. The fourth-order valence-corrected chi connectivity index (χ4v) is 2.93. The van der Waals surface area contributed by atoms with E-state index in [9.17, 15) is 0 Å². The maximum Gasteiger partial charge on any atom is 0.122 e. The average Bonchev–Trinajstić information content (AvgIpc) is 2.87. The molecule has 114 valence electrons. The van der Waals surface area contributed by atoms with Crippen molar-refractivity contribution in [2.24, 2.45) is 11.8 Å². The molecule has 0 aromatic carbocycles. The summed E-state index contributed by atoms with van der Waals surface area (Å²) in [5.41, 5.74) is 1.36. The Morgan fingerprint density at radius 2 is 2.10 bits per heavy atom. The standard InChI is InChI=1S/C17H30N2O/c1-4-15-5-8-19(9-6-15)13-16-7-10-20-17(16)12-18-11-14(2)3/h7,10,14-15,18H,4-6,8-9,11-13H2,1-3H3. The summed E-state index contributed by atoms with van der Waals surface area (Å²) < 4.78 is 5.64. The molecule has 1 aromatic rings. The van der Waals surface area contributed by atoms with E-state index in [1.807, 2.05) is 6.26 Å². The molecule has 1 saturated heterocycles. The Bertz CT molecular complexity index is 378. The lowest BCUT2D eigenvalue weighted by Gasteiger charge is -2.31. The molecule has 1 fully saturated rings. The van der Waals surface area contributed by atoms with Gasteiger partial charge in [0.05, 0.1) is 12.8 Å². The molecule has 0 saturated carbocycles. The molecule has 1 N–H and O–H groups in total. The van der Waals surface area contributed by atoms with Crippen LogP contribution in [0.1, 0.15) is 51.4 Å². The van der Waals surface area contributed by atoms with Gasteiger partial charge in [0.25, 0.3) is 0 Å². The van der Waals surface area contributed by atoms with Crippen LogP contribution in [0.5, 0.6) is 0 Å². The summed E-state index contributed by atoms with van der Waals surface area (Å²) in [4.78, 5) is 2.57. The van der Waals surface area contributed by atoms with Crippen molar-refractivity contribution >= 4 is 0 Å². The first-order valence-electron chi connectivity index (χ1n) is 8.17. The van der Waals surface area contributed by atoms with Gasteiger partial charge in [-0.2, -0.15) is 0 Å². The Morgan fingerprint density at radius 3 is 2.75 bits per heavy atom. The highest BCUT2D eigenvalue weighted by atomic mass is 16.3. The molecule has 2 heterocycles. The zero-order valence-electron chi connectivity index (χ0n) is 13.3. The summed E-state index contributed by atoms with van der Waals surface area (Å²) in [6.45, 7) is 12.2. The molecule has 0 aliphatic carbocycles. The topological polar surface area (TPSA) is 28.4 Å². The highest BCUT2D eigenvalue weighted by molar-refractivity contribution is 5.17. The number of nitrogens with one attached hydrogen (secondary N) is 1. The summed E-state index contributed by atoms with van der Waals surface area (Å²) >= 11 is 0. The number of rotatable bonds is 7. The van der Waals surface area contributed by atoms with Crippen molar-refractivity contribution in [3.63, 3.8) is 0 Å². The van der Waals surface area contributed by atoms with Crippen LogP contribution in [0.2, 0.25) is 0 Å². The first kappa shape index (κ1) is 15.6. The molecule has 0 spiro atoms. The average molecular weight is 278 g/mol. The van der Waals surface area contributed by atoms with Crippen molar-refractivity contribution in [1.29, 1.82) is 0 Å². The number of likely N-dealkylation sites (tertiary alicyclic amines) is 1. The molecule has 0 unspecified atom stereocenters. The highest BCUT2D eigenvalue weighted by Gasteiger charge is 2.19. The molecular weight excluding hydrogens is 248 g/mol. The van der Waals surface area contributed by atoms with Crippen LogP contribution in [0.4, 0.5) is 0 Å². The van der Waals surface area contributed by atoms with Crippen LogP contribution < -0.4 is 5.32 Å². The van der Waals surface area contributed by atoms with Gasteiger partial charge in [0, 0.05) is 12.1 Å². The fraction of sp³-hybridized carbons (Fsp3) is 0.765. The van der Waals surface area contributed by atoms with E-state index in [4.69, 9.17) is 4.42 Å². The second-order valence-electron chi connectivity index (χ2n) is 6.52. The van der Waals surface area contributed by atoms with Gasteiger partial charge < -0.3 is 9.73 Å². The minimum absolute atomic E-state index is 0.682. The van der Waals surface area contributed by atoms with Crippen LogP contribution in [-0.4, -0.2) is 24.5 Å². The van der Waals surface area contributed by atoms with Gasteiger partial charge in [-0.15, -0.1) is 0 Å². The number of hydrogen-bond acceptors (Lipinski definition) is 3. The lowest BCUT2D eigenvalue weighted by molar-refractivity contribution is 0.174. The van der Waals surface area contributed by atoms with E-state index in [0.717, 1.165) is 31.3 Å². The van der Waals surface area contributed by atoms with Crippen molar-refractivity contribution in [3.8, 4) is 0 Å². The van der Waals surface area contributed by atoms with Gasteiger partial charge >= 0.3 is 0 Å². The van der Waals surface area contributed by atoms with Crippen LogP contribution in [0.3, 0.4) is 0 Å². The molecule has 1 aliphatic rings. The lowest BCUT2D eigenvalue weighted by atomic mass is 9.94. The van der Waals surface area contributed by atoms with E-state index >= 15 is 0 Å². The molecule has 0 bridgehead atoms. The molecule has 0 radical (unpaired) electrons. The Labute approximate surface area is 123 Å². The maximum atomic E-state index is 5.64. The summed E-state index contributed by atoms with van der Waals surface area (Å²) in [6.07, 6.45) is 5.88. The van der Waals surface area contributed by atoms with Crippen LogP contribution in [-0.2, 0) is 13.1 Å². The van der Waals surface area contributed by atoms with Crippen LogP contribution in [0.15, 0.2) is 16.7 Å². The molecule has 3 nitrogen and oxygen atoms in total. The fourth-order valence-electron chi connectivity index (χ4n) is 2.93. The van der Waals surface area contributed by atoms with Gasteiger partial charge in [-0.1, -0.05) is 27.2 Å². The van der Waals surface area contributed by atoms with Gasteiger partial charge in [0.2, 0.25) is 0 Å². The smallest absolute Gasteiger partial charge is 0.122 e. The summed E-state index contributed by atoms with van der Waals surface area (Å²) in [7, 11) is 0. The second-order valence-corrected chi connectivity index (χ2v) is 6.52. The minimum Gasteiger partial charge on any atom is -0.468 e. The van der Waals surface area contributed by atoms with E-state index in [-0.39, 0.29) is 0 Å². The van der Waals surface area contributed by atoms with E-state index in [2.05, 4.69) is 37.1 Å². The normalized spacial score (nSPS) is 18.0. The van der Waals surface area contributed by atoms with E-state index in [1.165, 1.54) is 37.9 Å². The highest BCUT2D eigenvalue weighted by Crippen LogP contribution is 2.22. The lowest BCUT2D eigenvalue weighted by Crippen LogP contribution is -2.33. The Kier molecular flexibility index (Phi) is 6.11. The number of piperidine rings is 1. The molecule has 1 aliphatic heterocycles. The number of hydrogen-bond donors (Lipinski definition) is 1. The van der Waals surface area contributed by atoms with Crippen LogP contribution in [0.25, 0.3) is 0 Å². The third-order valence-corrected chi connectivity index (χ3v) is 4.35. The van der Waals surface area contributed by atoms with E-state index in [1.54, 1.807) is 0 Å². The third-order valence-electron chi connectivity index (χ3n) is 4.35. The first-order chi connectivity index (χ1) is 9.69. The molecule has 20 heavy (non-hydrogen) atoms. The third kappa shape index (κ3) is 4.64. The largest absolute Gasteiger partial charge is 0.468 e. The summed E-state index contributed by atoms with van der Waals surface area (Å²) in [6, 6.07) is 2.14. The zero-order valence-corrected chi connectivity index (χ0v) is 13.3. The molecule has 0 atom stereocenters. The quantitative estimate of drug-likeness (QED) is 0.825. The van der Waals surface area contributed by atoms with Crippen molar-refractivity contribution in [1.82, 2.24) is 10.2 Å². The Morgan fingerprint density at radius 1 is 1.35 bits per heavy atom. The van der Waals surface area contributed by atoms with Gasteiger partial charge in [-0.3, -0.25) is 4.90 Å². The zero-order chi connectivity index (χ0) is 14.4. The van der Waals surface area contributed by atoms with Crippen LogP contribution >= 0.6 is 0 Å². The van der Waals surface area contributed by atoms with E-state index < -0.39 is 0 Å². The van der Waals surface area contributed by atoms with Gasteiger partial charge in [-0.05, 0) is 50.4 Å². The molecule has 0 amide bonds. The predicted molar refractivity (Wildman–Crippen MR) is 83.5 cm³/mol. The van der Waals surface area contributed by atoms with Crippen molar-refractivity contribution in [2.45, 2.75) is 53.1 Å². The second kappa shape index (κ2) is 7.84. The van der Waals surface area contributed by atoms with Crippen molar-refractivity contribution < 1.29 is 4.42 Å². The summed E-state index contributed by atoms with van der Waals surface area (Å²) in [5.74, 6) is 2.74. The monoisotopic (exact) mass is 278 g/mol.